The monoisotopic (exact) mass is 610 g/mol. The molecule has 0 saturated carbocycles. The van der Waals surface area contributed by atoms with Crippen molar-refractivity contribution in [3.63, 3.8) is 0 Å². The average Bonchev–Trinajstić information content (AvgIpc) is 3.62. The van der Waals surface area contributed by atoms with E-state index in [4.69, 9.17) is 15.2 Å². The number of rotatable bonds is 6. The van der Waals surface area contributed by atoms with Crippen LogP contribution in [0.1, 0.15) is 55.9 Å². The summed E-state index contributed by atoms with van der Waals surface area (Å²) in [4.78, 5) is 44.2. The van der Waals surface area contributed by atoms with E-state index in [1.165, 1.54) is 0 Å². The van der Waals surface area contributed by atoms with Crippen molar-refractivity contribution in [1.29, 1.82) is 0 Å². The number of likely N-dealkylation sites (tertiary alicyclic amines) is 1. The summed E-state index contributed by atoms with van der Waals surface area (Å²) in [7, 11) is 0. The molecule has 3 aliphatic rings. The molecule has 3 N–H and O–H groups in total. The van der Waals surface area contributed by atoms with Crippen LogP contribution in [0, 0.1) is 5.41 Å². The van der Waals surface area contributed by atoms with Crippen molar-refractivity contribution >= 4 is 17.9 Å². The maximum atomic E-state index is 14.0. The SMILES string of the molecule is CC(C)(C)[C@H](N)C(=O)N1C[C@@H](NC(=O)OCC2c3ccccc3-c3ccccc32)C[C@H]1C(=O)N1CCO[C@H](c2ccccc2)C1. The van der Waals surface area contributed by atoms with E-state index in [2.05, 4.69) is 29.6 Å². The van der Waals surface area contributed by atoms with Crippen molar-refractivity contribution in [2.75, 3.05) is 32.8 Å². The summed E-state index contributed by atoms with van der Waals surface area (Å²) in [5.74, 6) is -0.529. The third kappa shape index (κ3) is 6.32. The Bertz CT molecular complexity index is 1510. The number of hydrogen-bond acceptors (Lipinski definition) is 6. The second-order valence-corrected chi connectivity index (χ2v) is 13.3. The van der Waals surface area contributed by atoms with Crippen molar-refractivity contribution in [3.05, 3.63) is 95.6 Å². The standard InChI is InChI=1S/C36H42N4O5/c1-36(2,3)32(37)34(42)40-20-24(19-30(40)33(41)39-17-18-44-31(21-39)23-11-5-4-6-12-23)38-35(43)45-22-29-27-15-9-7-13-25(27)26-14-8-10-16-28(26)29/h4-16,24,29-32H,17-22,37H2,1-3H3,(H,38,43)/t24-,30-,31-,32+/m0/s1. The van der Waals surface area contributed by atoms with Crippen LogP contribution in [0.15, 0.2) is 78.9 Å². The number of fused-ring (bicyclic) bond motifs is 3. The molecule has 4 atom stereocenters. The Labute approximate surface area is 264 Å². The van der Waals surface area contributed by atoms with Crippen LogP contribution >= 0.6 is 0 Å². The lowest BCUT2D eigenvalue weighted by atomic mass is 9.86. The highest BCUT2D eigenvalue weighted by Crippen LogP contribution is 2.44. The van der Waals surface area contributed by atoms with Gasteiger partial charge in [-0.1, -0.05) is 99.6 Å². The number of nitrogens with two attached hydrogens (primary N) is 1. The van der Waals surface area contributed by atoms with Crippen LogP contribution in [0.25, 0.3) is 11.1 Å². The molecule has 0 aromatic heterocycles. The molecule has 9 nitrogen and oxygen atoms in total. The van der Waals surface area contributed by atoms with Crippen LogP contribution in [0.3, 0.4) is 0 Å². The summed E-state index contributed by atoms with van der Waals surface area (Å²) in [5, 5.41) is 2.94. The molecular formula is C36H42N4O5. The van der Waals surface area contributed by atoms with Gasteiger partial charge in [-0.25, -0.2) is 4.79 Å². The zero-order valence-electron chi connectivity index (χ0n) is 26.1. The molecular weight excluding hydrogens is 568 g/mol. The number of hydrogen-bond donors (Lipinski definition) is 2. The fourth-order valence-corrected chi connectivity index (χ4v) is 6.70. The molecule has 0 spiro atoms. The largest absolute Gasteiger partial charge is 0.449 e. The molecule has 3 amide bonds. The summed E-state index contributed by atoms with van der Waals surface area (Å²) >= 11 is 0. The first kappa shape index (κ1) is 30.8. The van der Waals surface area contributed by atoms with Crippen LogP contribution < -0.4 is 11.1 Å². The van der Waals surface area contributed by atoms with E-state index in [0.29, 0.717) is 19.7 Å². The Morgan fingerprint density at radius 1 is 0.933 bits per heavy atom. The summed E-state index contributed by atoms with van der Waals surface area (Å²) < 4.78 is 11.8. The van der Waals surface area contributed by atoms with Crippen LogP contribution in [0.5, 0.6) is 0 Å². The molecule has 45 heavy (non-hydrogen) atoms. The first-order valence-corrected chi connectivity index (χ1v) is 15.7. The topological polar surface area (TPSA) is 114 Å². The summed E-state index contributed by atoms with van der Waals surface area (Å²) in [5.41, 5.74) is 11.5. The molecule has 2 saturated heterocycles. The van der Waals surface area contributed by atoms with E-state index in [1.54, 1.807) is 9.80 Å². The highest BCUT2D eigenvalue weighted by atomic mass is 16.5. The van der Waals surface area contributed by atoms with Crippen molar-refractivity contribution in [2.45, 2.75) is 57.3 Å². The van der Waals surface area contributed by atoms with Crippen molar-refractivity contribution in [2.24, 2.45) is 11.1 Å². The first-order chi connectivity index (χ1) is 21.6. The number of carbonyl (C=O) groups is 3. The van der Waals surface area contributed by atoms with Gasteiger partial charge in [-0.2, -0.15) is 0 Å². The molecule has 3 aromatic carbocycles. The van der Waals surface area contributed by atoms with Crippen LogP contribution in [0.4, 0.5) is 4.79 Å². The third-order valence-electron chi connectivity index (χ3n) is 9.28. The van der Waals surface area contributed by atoms with Gasteiger partial charge in [-0.3, -0.25) is 9.59 Å². The number of morpholine rings is 1. The van der Waals surface area contributed by atoms with Gasteiger partial charge in [-0.15, -0.1) is 0 Å². The predicted octanol–water partition coefficient (Wildman–Crippen LogP) is 4.47. The number of carbonyl (C=O) groups excluding carboxylic acids is 3. The molecule has 236 valence electrons. The Balaban J connectivity index is 1.14. The van der Waals surface area contributed by atoms with E-state index in [0.717, 1.165) is 27.8 Å². The Morgan fingerprint density at radius 2 is 1.56 bits per heavy atom. The number of benzene rings is 3. The Morgan fingerprint density at radius 3 is 2.20 bits per heavy atom. The minimum absolute atomic E-state index is 0.0669. The van der Waals surface area contributed by atoms with Gasteiger partial charge >= 0.3 is 6.09 Å². The lowest BCUT2D eigenvalue weighted by Gasteiger charge is -2.37. The van der Waals surface area contributed by atoms with E-state index >= 15 is 0 Å². The molecule has 2 fully saturated rings. The minimum Gasteiger partial charge on any atom is -0.449 e. The maximum absolute atomic E-state index is 14.0. The van der Waals surface area contributed by atoms with Gasteiger partial charge < -0.3 is 30.3 Å². The molecule has 2 heterocycles. The fraction of sp³-hybridized carbons (Fsp3) is 0.417. The second-order valence-electron chi connectivity index (χ2n) is 13.3. The smallest absolute Gasteiger partial charge is 0.407 e. The Hall–Kier alpha value is -4.21. The molecule has 9 heteroatoms. The third-order valence-corrected chi connectivity index (χ3v) is 9.28. The van der Waals surface area contributed by atoms with E-state index in [-0.39, 0.29) is 43.4 Å². The predicted molar refractivity (Wildman–Crippen MR) is 171 cm³/mol. The number of ether oxygens (including phenoxy) is 2. The van der Waals surface area contributed by atoms with Gasteiger partial charge in [0, 0.05) is 19.0 Å². The summed E-state index contributed by atoms with van der Waals surface area (Å²) in [6.45, 7) is 7.28. The van der Waals surface area contributed by atoms with Crippen LogP contribution in [0.2, 0.25) is 0 Å². The zero-order chi connectivity index (χ0) is 31.7. The normalized spacial score (nSPS) is 22.0. The number of amides is 3. The highest BCUT2D eigenvalue weighted by Gasteiger charge is 2.45. The van der Waals surface area contributed by atoms with Gasteiger partial charge in [0.05, 0.1) is 25.2 Å². The van der Waals surface area contributed by atoms with Gasteiger partial charge in [-0.05, 0) is 39.7 Å². The molecule has 2 aliphatic heterocycles. The lowest BCUT2D eigenvalue weighted by Crippen LogP contribution is -2.56. The first-order valence-electron chi connectivity index (χ1n) is 15.7. The second kappa shape index (κ2) is 12.7. The van der Waals surface area contributed by atoms with E-state index in [1.807, 2.05) is 75.4 Å². The van der Waals surface area contributed by atoms with Crippen molar-refractivity contribution < 1.29 is 23.9 Å². The Kier molecular flexibility index (Phi) is 8.66. The molecule has 1 aliphatic carbocycles. The zero-order valence-corrected chi connectivity index (χ0v) is 26.1. The maximum Gasteiger partial charge on any atom is 0.407 e. The van der Waals surface area contributed by atoms with Gasteiger partial charge in [0.2, 0.25) is 11.8 Å². The molecule has 6 rings (SSSR count). The minimum atomic E-state index is -0.803. The van der Waals surface area contributed by atoms with Crippen LogP contribution in [-0.4, -0.2) is 78.7 Å². The van der Waals surface area contributed by atoms with E-state index < -0.39 is 29.6 Å². The molecule has 0 radical (unpaired) electrons. The van der Waals surface area contributed by atoms with E-state index in [9.17, 15) is 14.4 Å². The van der Waals surface area contributed by atoms with Gasteiger partial charge in [0.25, 0.3) is 0 Å². The van der Waals surface area contributed by atoms with Crippen LogP contribution in [-0.2, 0) is 19.1 Å². The molecule has 0 unspecified atom stereocenters. The van der Waals surface area contributed by atoms with Crippen molar-refractivity contribution in [3.8, 4) is 11.1 Å². The summed E-state index contributed by atoms with van der Waals surface area (Å²) in [6.07, 6.45) is -0.544. The fourth-order valence-electron chi connectivity index (χ4n) is 6.70. The summed E-state index contributed by atoms with van der Waals surface area (Å²) in [6, 6.07) is 24.2. The molecule has 3 aromatic rings. The van der Waals surface area contributed by atoms with Gasteiger partial charge in [0.15, 0.2) is 0 Å². The molecule has 0 bridgehead atoms. The lowest BCUT2D eigenvalue weighted by molar-refractivity contribution is -0.150. The number of alkyl carbamates (subject to hydrolysis) is 1. The number of nitrogens with zero attached hydrogens (tertiary/aromatic N) is 2. The average molecular weight is 611 g/mol. The quantitative estimate of drug-likeness (QED) is 0.426. The van der Waals surface area contributed by atoms with Gasteiger partial charge in [0.1, 0.15) is 18.8 Å². The van der Waals surface area contributed by atoms with Crippen molar-refractivity contribution in [1.82, 2.24) is 15.1 Å². The highest BCUT2D eigenvalue weighted by molar-refractivity contribution is 5.91. The number of nitrogens with one attached hydrogen (secondary N) is 1.